The van der Waals surface area contributed by atoms with Gasteiger partial charge in [-0.25, -0.2) is 0 Å². The summed E-state index contributed by atoms with van der Waals surface area (Å²) in [5, 5.41) is 0. The van der Waals surface area contributed by atoms with Crippen LogP contribution in [0.2, 0.25) is 0 Å². The second kappa shape index (κ2) is 3.29. The van der Waals surface area contributed by atoms with Crippen molar-refractivity contribution in [3.63, 3.8) is 0 Å². The Morgan fingerprint density at radius 1 is 1.43 bits per heavy atom. The first-order chi connectivity index (χ1) is 6.70. The number of amides is 1. The summed E-state index contributed by atoms with van der Waals surface area (Å²) in [5.74, 6) is 0.0370. The minimum Gasteiger partial charge on any atom is -0.308 e. The van der Waals surface area contributed by atoms with Crippen LogP contribution in [0.1, 0.15) is 12.5 Å². The van der Waals surface area contributed by atoms with Crippen LogP contribution in [0.4, 0.5) is 5.69 Å². The van der Waals surface area contributed by atoms with E-state index in [1.807, 2.05) is 18.2 Å². The van der Waals surface area contributed by atoms with E-state index in [4.69, 9.17) is 0 Å². The molecule has 0 fully saturated rings. The number of benzene rings is 1. The fourth-order valence-electron chi connectivity index (χ4n) is 1.78. The molecule has 0 saturated heterocycles. The summed E-state index contributed by atoms with van der Waals surface area (Å²) in [6.07, 6.45) is 0.954. The van der Waals surface area contributed by atoms with Gasteiger partial charge in [0.1, 0.15) is 0 Å². The molecule has 1 heterocycles. The van der Waals surface area contributed by atoms with Crippen LogP contribution in [-0.2, 0) is 11.2 Å². The van der Waals surface area contributed by atoms with E-state index in [1.165, 1.54) is 5.56 Å². The molecule has 0 atom stereocenters. The van der Waals surface area contributed by atoms with Crippen molar-refractivity contribution in [1.29, 1.82) is 0 Å². The van der Waals surface area contributed by atoms with Crippen molar-refractivity contribution < 1.29 is 4.79 Å². The Hall–Kier alpha value is -1.57. The van der Waals surface area contributed by atoms with Gasteiger partial charge in [0.25, 0.3) is 5.91 Å². The van der Waals surface area contributed by atoms with Gasteiger partial charge >= 0.3 is 0 Å². The molecule has 0 saturated carbocycles. The van der Waals surface area contributed by atoms with E-state index < -0.39 is 0 Å². The second-order valence-corrected chi connectivity index (χ2v) is 3.62. The highest BCUT2D eigenvalue weighted by Crippen LogP contribution is 2.28. The molecule has 0 radical (unpaired) electrons. The molecule has 2 heteroatoms. The summed E-state index contributed by atoms with van der Waals surface area (Å²) in [6.45, 7) is 6.22. The quantitative estimate of drug-likeness (QED) is 0.617. The zero-order chi connectivity index (χ0) is 10.1. The van der Waals surface area contributed by atoms with Gasteiger partial charge in [-0.05, 0) is 25.0 Å². The zero-order valence-corrected chi connectivity index (χ0v) is 8.29. The lowest BCUT2D eigenvalue weighted by Gasteiger charge is -2.16. The van der Waals surface area contributed by atoms with E-state index >= 15 is 0 Å². The highest BCUT2D eigenvalue weighted by molar-refractivity contribution is 6.05. The number of rotatable bonds is 1. The molecule has 0 aliphatic carbocycles. The molecule has 72 valence electrons. The Labute approximate surface area is 83.8 Å². The fraction of sp³-hybridized carbons (Fsp3) is 0.250. The van der Waals surface area contributed by atoms with Crippen molar-refractivity contribution in [2.45, 2.75) is 13.3 Å². The zero-order valence-electron chi connectivity index (χ0n) is 8.29. The molecule has 1 amide bonds. The van der Waals surface area contributed by atoms with Gasteiger partial charge in [-0.1, -0.05) is 24.8 Å². The maximum Gasteiger partial charge on any atom is 0.253 e. The maximum absolute atomic E-state index is 11.7. The number of nitrogens with zero attached hydrogens (tertiary/aromatic N) is 1. The Bertz CT molecular complexity index is 395. The summed E-state index contributed by atoms with van der Waals surface area (Å²) in [6, 6.07) is 8.03. The molecular formula is C12H13NO. The van der Waals surface area contributed by atoms with Gasteiger partial charge in [0, 0.05) is 17.8 Å². The number of hydrogen-bond acceptors (Lipinski definition) is 1. The Morgan fingerprint density at radius 2 is 2.14 bits per heavy atom. The molecule has 0 N–H and O–H groups in total. The van der Waals surface area contributed by atoms with Crippen molar-refractivity contribution in [3.8, 4) is 0 Å². The van der Waals surface area contributed by atoms with Gasteiger partial charge in [0.05, 0.1) is 0 Å². The minimum atomic E-state index is 0.0370. The summed E-state index contributed by atoms with van der Waals surface area (Å²) in [4.78, 5) is 13.5. The van der Waals surface area contributed by atoms with E-state index in [1.54, 1.807) is 11.8 Å². The van der Waals surface area contributed by atoms with Crippen LogP contribution >= 0.6 is 0 Å². The van der Waals surface area contributed by atoms with Crippen LogP contribution in [0.25, 0.3) is 0 Å². The normalized spacial score (nSPS) is 13.9. The molecule has 1 aromatic rings. The molecule has 1 aliphatic heterocycles. The molecule has 0 aromatic heterocycles. The first-order valence-corrected chi connectivity index (χ1v) is 4.75. The Morgan fingerprint density at radius 3 is 2.86 bits per heavy atom. The Balaban J connectivity index is 2.35. The van der Waals surface area contributed by atoms with Gasteiger partial charge in [0.15, 0.2) is 0 Å². The smallest absolute Gasteiger partial charge is 0.253 e. The molecule has 0 bridgehead atoms. The number of carbonyl (C=O) groups is 1. The lowest BCUT2D eigenvalue weighted by Crippen LogP contribution is -2.29. The average Bonchev–Trinajstić information content (AvgIpc) is 2.60. The summed E-state index contributed by atoms with van der Waals surface area (Å²) < 4.78 is 0. The van der Waals surface area contributed by atoms with Crippen molar-refractivity contribution in [1.82, 2.24) is 0 Å². The van der Waals surface area contributed by atoms with Crippen molar-refractivity contribution in [2.75, 3.05) is 11.4 Å². The van der Waals surface area contributed by atoms with Gasteiger partial charge in [-0.3, -0.25) is 4.79 Å². The number of anilines is 1. The summed E-state index contributed by atoms with van der Waals surface area (Å²) >= 11 is 0. The molecule has 2 nitrogen and oxygen atoms in total. The van der Waals surface area contributed by atoms with E-state index in [9.17, 15) is 4.79 Å². The molecular weight excluding hydrogens is 174 g/mol. The molecule has 0 unspecified atom stereocenters. The first-order valence-electron chi connectivity index (χ1n) is 4.75. The monoisotopic (exact) mass is 187 g/mol. The van der Waals surface area contributed by atoms with E-state index in [0.717, 1.165) is 18.7 Å². The lowest BCUT2D eigenvalue weighted by molar-refractivity contribution is -0.115. The Kier molecular flexibility index (Phi) is 2.12. The predicted octanol–water partition coefficient (Wildman–Crippen LogP) is 2.15. The lowest BCUT2D eigenvalue weighted by atomic mass is 10.2. The minimum absolute atomic E-state index is 0.0370. The van der Waals surface area contributed by atoms with Gasteiger partial charge < -0.3 is 4.90 Å². The maximum atomic E-state index is 11.7. The topological polar surface area (TPSA) is 20.3 Å². The van der Waals surface area contributed by atoms with E-state index in [0.29, 0.717) is 5.57 Å². The van der Waals surface area contributed by atoms with Crippen LogP contribution in [0.15, 0.2) is 36.4 Å². The molecule has 1 aromatic carbocycles. The third kappa shape index (κ3) is 1.33. The number of fused-ring (bicyclic) bond motifs is 1. The highest BCUT2D eigenvalue weighted by Gasteiger charge is 2.23. The van der Waals surface area contributed by atoms with Gasteiger partial charge in [0.2, 0.25) is 0 Å². The first kappa shape index (κ1) is 9.00. The molecule has 14 heavy (non-hydrogen) atoms. The molecule has 1 aliphatic rings. The van der Waals surface area contributed by atoms with Crippen molar-refractivity contribution in [3.05, 3.63) is 42.0 Å². The van der Waals surface area contributed by atoms with Crippen LogP contribution in [0, 0.1) is 0 Å². The van der Waals surface area contributed by atoms with Crippen LogP contribution in [0.5, 0.6) is 0 Å². The summed E-state index contributed by atoms with van der Waals surface area (Å²) in [7, 11) is 0. The number of hydrogen-bond donors (Lipinski definition) is 0. The fourth-order valence-corrected chi connectivity index (χ4v) is 1.78. The van der Waals surface area contributed by atoms with E-state index in [2.05, 4.69) is 12.6 Å². The molecule has 0 spiro atoms. The largest absolute Gasteiger partial charge is 0.308 e. The van der Waals surface area contributed by atoms with Crippen LogP contribution in [-0.4, -0.2) is 12.5 Å². The van der Waals surface area contributed by atoms with E-state index in [-0.39, 0.29) is 5.91 Å². The van der Waals surface area contributed by atoms with Gasteiger partial charge in [-0.15, -0.1) is 0 Å². The second-order valence-electron chi connectivity index (χ2n) is 3.62. The number of para-hydroxylation sites is 1. The van der Waals surface area contributed by atoms with Gasteiger partial charge in [-0.2, -0.15) is 0 Å². The third-order valence-electron chi connectivity index (χ3n) is 2.50. The SMILES string of the molecule is C=C(C)C(=O)N1CCc2ccccc21. The molecule has 2 rings (SSSR count). The predicted molar refractivity (Wildman–Crippen MR) is 57.3 cm³/mol. The summed E-state index contributed by atoms with van der Waals surface area (Å²) in [5.41, 5.74) is 2.89. The average molecular weight is 187 g/mol. The standard InChI is InChI=1S/C12H13NO/c1-9(2)12(14)13-8-7-10-5-3-4-6-11(10)13/h3-6H,1,7-8H2,2H3. The van der Waals surface area contributed by atoms with Crippen LogP contribution < -0.4 is 4.90 Å². The highest BCUT2D eigenvalue weighted by atomic mass is 16.2. The third-order valence-corrected chi connectivity index (χ3v) is 2.50. The van der Waals surface area contributed by atoms with Crippen LogP contribution in [0.3, 0.4) is 0 Å². The van der Waals surface area contributed by atoms with Crippen molar-refractivity contribution in [2.24, 2.45) is 0 Å². The van der Waals surface area contributed by atoms with Crippen molar-refractivity contribution >= 4 is 11.6 Å². The number of carbonyl (C=O) groups excluding carboxylic acids is 1.